The van der Waals surface area contributed by atoms with Crippen molar-refractivity contribution in [2.75, 3.05) is 25.0 Å². The molecule has 42 heteroatoms. The number of aryl methyl sites for hydroxylation is 12. The van der Waals surface area contributed by atoms with Crippen molar-refractivity contribution in [1.82, 2.24) is 115 Å². The molecule has 0 aliphatic heterocycles. The Balaban J connectivity index is -0.000000284. The predicted molar refractivity (Wildman–Crippen MR) is 453 cm³/mol. The summed E-state index contributed by atoms with van der Waals surface area (Å²) in [5.74, 6) is 0. The summed E-state index contributed by atoms with van der Waals surface area (Å²) in [6.45, 7) is 38.8. The van der Waals surface area contributed by atoms with E-state index in [1.807, 2.05) is 150 Å². The van der Waals surface area contributed by atoms with Crippen LogP contribution in [0.2, 0.25) is 0 Å². The second kappa shape index (κ2) is 81.9. The van der Waals surface area contributed by atoms with Crippen LogP contribution in [0.5, 0.6) is 0 Å². The van der Waals surface area contributed by atoms with Crippen LogP contribution in [0.3, 0.4) is 0 Å². The van der Waals surface area contributed by atoms with Crippen LogP contribution in [0.15, 0.2) is 225 Å². The largest absolute Gasteiger partial charge is 2.00 e. The number of hydrogen-bond donors (Lipinski definition) is 0. The first-order valence-electron chi connectivity index (χ1n) is 38.3. The summed E-state index contributed by atoms with van der Waals surface area (Å²) in [6.07, 6.45) is 83.9. The molecule has 12 aromatic rings. The molecule has 36 nitrogen and oxygen atoms in total. The molecule has 0 bridgehead atoms. The van der Waals surface area contributed by atoms with E-state index in [1.54, 1.807) is 74.4 Å². The molecule has 0 aliphatic carbocycles. The molecule has 12 aromatic heterocycles. The first kappa shape index (κ1) is 120. The fourth-order valence-corrected chi connectivity index (χ4v) is 8.13. The van der Waals surface area contributed by atoms with E-state index in [9.17, 15) is 0 Å². The average Bonchev–Trinajstić information content (AvgIpc) is 1.94. The van der Waals surface area contributed by atoms with E-state index < -0.39 is 40.5 Å². The van der Waals surface area contributed by atoms with Crippen LogP contribution in [0.25, 0.3) is 0 Å². The van der Waals surface area contributed by atoms with Crippen molar-refractivity contribution in [1.29, 1.82) is 0 Å². The van der Waals surface area contributed by atoms with E-state index >= 15 is 0 Å². The number of nitrogens with zero attached hydrogens (tertiary/aromatic N) is 24. The molecule has 0 unspecified atom stereocenters. The minimum absolute atomic E-state index is 0. The number of aromatic nitrogens is 24. The third-order valence-electron chi connectivity index (χ3n) is 12.5. The molecule has 0 aliphatic rings. The van der Waals surface area contributed by atoms with Gasteiger partial charge in [-0.05, 0) is 77.0 Å². The van der Waals surface area contributed by atoms with Gasteiger partial charge in [-0.25, -0.2) is 93.5 Å². The third kappa shape index (κ3) is 97.7. The Morgan fingerprint density at radius 1 is 0.178 bits per heavy atom. The van der Waals surface area contributed by atoms with Gasteiger partial charge in [0, 0.05) is 252 Å². The van der Waals surface area contributed by atoms with Gasteiger partial charge in [0.05, 0.1) is 116 Å². The second-order valence-electron chi connectivity index (χ2n) is 24.4. The van der Waals surface area contributed by atoms with Gasteiger partial charge >= 0.3 is 33.6 Å². The number of rotatable bonds is 24. The SMILES string of the molecule is CCCn1ccnc1.CCCn1ccnc1.CCCn1ccnc1.CCCn1ccnc1.CCCn1ccnc1.CCCn1ccnc1.CCCn1ccnc1.CCCn1ccnc1.CCCn1ccnc1.CCCn1ccnc1.CCCn1ccnc1.CCCn1ccnc1.CS(=O)(=O)[O-].CS(=O)(=O)[O-].CS(=O)(=O)[O-].CS(=O)(=O)[O-].[Co+2].[Co+2]. The maximum absolute atomic E-state index is 9.08. The summed E-state index contributed by atoms with van der Waals surface area (Å²) >= 11 is 0. The van der Waals surface area contributed by atoms with Crippen LogP contribution in [0.1, 0.15) is 160 Å². The van der Waals surface area contributed by atoms with E-state index in [-0.39, 0.29) is 33.6 Å². The summed E-state index contributed by atoms with van der Waals surface area (Å²) < 4.78 is 134. The summed E-state index contributed by atoms with van der Waals surface area (Å²) in [5, 5.41) is 0. The van der Waals surface area contributed by atoms with Gasteiger partial charge < -0.3 is 73.0 Å². The zero-order chi connectivity index (χ0) is 87.8. The molecular weight excluding hydrogens is 1690 g/mol. The van der Waals surface area contributed by atoms with E-state index in [4.69, 9.17) is 51.9 Å². The Morgan fingerprint density at radius 3 is 0.271 bits per heavy atom. The molecule has 12 rings (SSSR count). The zero-order valence-electron chi connectivity index (χ0n) is 71.7. The van der Waals surface area contributed by atoms with E-state index in [0.29, 0.717) is 25.0 Å². The third-order valence-corrected chi connectivity index (χ3v) is 12.5. The minimum Gasteiger partial charge on any atom is -0.748 e. The Labute approximate surface area is 724 Å². The average molecular weight is 1820 g/mol. The van der Waals surface area contributed by atoms with Crippen LogP contribution in [0, 0.1) is 0 Å². The smallest absolute Gasteiger partial charge is 0.748 e. The van der Waals surface area contributed by atoms with Gasteiger partial charge in [-0.15, -0.1) is 0 Å². The van der Waals surface area contributed by atoms with Crippen molar-refractivity contribution in [3.8, 4) is 0 Å². The summed E-state index contributed by atoms with van der Waals surface area (Å²) in [5.41, 5.74) is 0. The molecule has 0 atom stereocenters. The van der Waals surface area contributed by atoms with Crippen molar-refractivity contribution >= 4 is 40.5 Å². The molecule has 670 valence electrons. The quantitative estimate of drug-likeness (QED) is 0.0507. The van der Waals surface area contributed by atoms with Crippen molar-refractivity contribution in [3.05, 3.63) is 225 Å². The molecule has 0 aromatic carbocycles. The summed E-state index contributed by atoms with van der Waals surface area (Å²) in [4.78, 5) is 46.8. The fourth-order valence-electron chi connectivity index (χ4n) is 8.13. The van der Waals surface area contributed by atoms with Crippen LogP contribution in [0.4, 0.5) is 0 Å². The maximum Gasteiger partial charge on any atom is 2.00 e. The second-order valence-corrected chi connectivity index (χ2v) is 30.1. The topological polar surface area (TPSA) is 443 Å². The molecule has 118 heavy (non-hydrogen) atoms. The van der Waals surface area contributed by atoms with Crippen molar-refractivity contribution in [2.24, 2.45) is 0 Å². The first-order valence-corrected chi connectivity index (χ1v) is 45.6. The van der Waals surface area contributed by atoms with Crippen LogP contribution >= 0.6 is 0 Å². The van der Waals surface area contributed by atoms with E-state index in [0.717, 1.165) is 78.5 Å². The number of hydrogen-bond acceptors (Lipinski definition) is 24. The Bertz CT molecular complexity index is 3330. The molecular formula is C76H132Co2N24O12S4. The molecule has 0 spiro atoms. The summed E-state index contributed by atoms with van der Waals surface area (Å²) in [6, 6.07) is 0. The van der Waals surface area contributed by atoms with Crippen molar-refractivity contribution in [2.45, 2.75) is 239 Å². The minimum atomic E-state index is -3.92. The monoisotopic (exact) mass is 1820 g/mol. The molecule has 0 saturated carbocycles. The van der Waals surface area contributed by atoms with Gasteiger partial charge in [0.25, 0.3) is 0 Å². The molecule has 0 N–H and O–H groups in total. The van der Waals surface area contributed by atoms with Gasteiger partial charge in [-0.1, -0.05) is 83.1 Å². The normalized spacial score (nSPS) is 9.80. The molecule has 0 saturated heterocycles. The van der Waals surface area contributed by atoms with Crippen LogP contribution in [-0.2, 0) is 153 Å². The van der Waals surface area contributed by atoms with Gasteiger partial charge in [-0.3, -0.25) is 0 Å². The molecule has 0 fully saturated rings. The van der Waals surface area contributed by atoms with E-state index in [2.05, 4.69) is 198 Å². The van der Waals surface area contributed by atoms with Gasteiger partial charge in [0.15, 0.2) is 0 Å². The number of imidazole rings is 12. The van der Waals surface area contributed by atoms with Crippen molar-refractivity contribution < 1.29 is 85.4 Å². The Kier molecular flexibility index (Phi) is 83.3. The zero-order valence-corrected chi connectivity index (χ0v) is 77.0. The van der Waals surface area contributed by atoms with Crippen LogP contribution < -0.4 is 0 Å². The van der Waals surface area contributed by atoms with Gasteiger partial charge in [-0.2, -0.15) is 0 Å². The van der Waals surface area contributed by atoms with E-state index in [1.165, 1.54) is 77.0 Å². The fraction of sp³-hybridized carbons (Fsp3) is 0.526. The Hall–Kier alpha value is -8.83. The molecule has 12 heterocycles. The van der Waals surface area contributed by atoms with Gasteiger partial charge in [0.2, 0.25) is 0 Å². The van der Waals surface area contributed by atoms with Gasteiger partial charge in [0.1, 0.15) is 0 Å². The molecule has 0 amide bonds. The first-order chi connectivity index (χ1) is 55.2. The standard InChI is InChI=1S/12C6H10N2.4CH4O3S.2Co/c12*1-2-4-8-5-3-7-6-8;4*1-5(2,3)4;;/h12*3,5-6H,2,4H2,1H3;4*1H3,(H,2,3,4);;/q;;;;;;;;;;;;;;;;2*+2/p-4. The summed E-state index contributed by atoms with van der Waals surface area (Å²) in [7, 11) is -15.7. The molecule has 2 radical (unpaired) electrons. The Morgan fingerprint density at radius 2 is 0.237 bits per heavy atom. The van der Waals surface area contributed by atoms with Crippen LogP contribution in [-0.4, -0.2) is 192 Å². The predicted octanol–water partition coefficient (Wildman–Crippen LogP) is 12.2. The van der Waals surface area contributed by atoms with Crippen molar-refractivity contribution in [3.63, 3.8) is 0 Å². The maximum atomic E-state index is 9.08.